The van der Waals surface area contributed by atoms with Crippen LogP contribution in [-0.2, 0) is 6.42 Å². The van der Waals surface area contributed by atoms with Crippen molar-refractivity contribution in [1.29, 1.82) is 5.26 Å². The highest BCUT2D eigenvalue weighted by atomic mass is 32.1. The Morgan fingerprint density at radius 1 is 1.32 bits per heavy atom. The lowest BCUT2D eigenvalue weighted by Crippen LogP contribution is -2.07. The van der Waals surface area contributed by atoms with Gasteiger partial charge < -0.3 is 11.1 Å². The molecule has 0 aromatic carbocycles. The Morgan fingerprint density at radius 3 is 2.68 bits per heavy atom. The number of nitriles is 1. The SMILES string of the molecule is Cc1nc(NCCc2sc(N)nc2C)ccc1C#N. The summed E-state index contributed by atoms with van der Waals surface area (Å²) in [4.78, 5) is 9.71. The number of nitrogens with zero attached hydrogens (tertiary/aromatic N) is 3. The number of aryl methyl sites for hydroxylation is 2. The van der Waals surface area contributed by atoms with E-state index in [1.165, 1.54) is 16.2 Å². The third-order valence-electron chi connectivity index (χ3n) is 2.77. The fraction of sp³-hybridized carbons (Fsp3) is 0.308. The maximum Gasteiger partial charge on any atom is 0.180 e. The minimum absolute atomic E-state index is 0.608. The Hall–Kier alpha value is -2.13. The molecular formula is C13H15N5S. The number of hydrogen-bond donors (Lipinski definition) is 2. The van der Waals surface area contributed by atoms with Crippen molar-refractivity contribution < 1.29 is 0 Å². The largest absolute Gasteiger partial charge is 0.375 e. The molecule has 6 heteroatoms. The van der Waals surface area contributed by atoms with Crippen LogP contribution in [0.4, 0.5) is 10.9 Å². The summed E-state index contributed by atoms with van der Waals surface area (Å²) in [5.41, 5.74) is 8.00. The van der Waals surface area contributed by atoms with Crippen LogP contribution in [0.3, 0.4) is 0 Å². The zero-order valence-electron chi connectivity index (χ0n) is 10.9. The Kier molecular flexibility index (Phi) is 3.97. The van der Waals surface area contributed by atoms with Crippen molar-refractivity contribution in [1.82, 2.24) is 9.97 Å². The maximum absolute atomic E-state index is 8.84. The summed E-state index contributed by atoms with van der Waals surface area (Å²) in [5, 5.41) is 12.7. The molecule has 98 valence electrons. The van der Waals surface area contributed by atoms with E-state index < -0.39 is 0 Å². The molecule has 0 saturated carbocycles. The first-order valence-electron chi connectivity index (χ1n) is 5.93. The van der Waals surface area contributed by atoms with Gasteiger partial charge in [0.05, 0.1) is 17.0 Å². The maximum atomic E-state index is 8.84. The molecule has 0 saturated heterocycles. The van der Waals surface area contributed by atoms with Crippen molar-refractivity contribution in [2.45, 2.75) is 20.3 Å². The molecule has 2 aromatic heterocycles. The van der Waals surface area contributed by atoms with E-state index in [0.717, 1.165) is 30.2 Å². The molecule has 5 nitrogen and oxygen atoms in total. The molecule has 2 heterocycles. The topological polar surface area (TPSA) is 87.6 Å². The van der Waals surface area contributed by atoms with Crippen LogP contribution in [0.2, 0.25) is 0 Å². The van der Waals surface area contributed by atoms with Crippen LogP contribution in [0.1, 0.15) is 21.8 Å². The van der Waals surface area contributed by atoms with Crippen molar-refractivity contribution in [3.8, 4) is 6.07 Å². The number of nitrogens with one attached hydrogen (secondary N) is 1. The summed E-state index contributed by atoms with van der Waals surface area (Å²) in [7, 11) is 0. The van der Waals surface area contributed by atoms with Crippen LogP contribution in [0.25, 0.3) is 0 Å². The molecule has 0 aliphatic heterocycles. The van der Waals surface area contributed by atoms with Crippen molar-refractivity contribution in [3.63, 3.8) is 0 Å². The van der Waals surface area contributed by atoms with Gasteiger partial charge >= 0.3 is 0 Å². The molecule has 3 N–H and O–H groups in total. The normalized spacial score (nSPS) is 10.2. The molecule has 0 fully saturated rings. The number of anilines is 2. The number of thiazole rings is 1. The van der Waals surface area contributed by atoms with Gasteiger partial charge in [0.2, 0.25) is 0 Å². The van der Waals surface area contributed by atoms with Gasteiger partial charge in [0.15, 0.2) is 5.13 Å². The fourth-order valence-corrected chi connectivity index (χ4v) is 2.60. The molecular weight excluding hydrogens is 258 g/mol. The second kappa shape index (κ2) is 5.67. The zero-order valence-corrected chi connectivity index (χ0v) is 11.7. The first-order valence-corrected chi connectivity index (χ1v) is 6.75. The number of aromatic nitrogens is 2. The van der Waals surface area contributed by atoms with E-state index in [4.69, 9.17) is 11.0 Å². The van der Waals surface area contributed by atoms with Gasteiger partial charge in [-0.15, -0.1) is 11.3 Å². The monoisotopic (exact) mass is 273 g/mol. The minimum Gasteiger partial charge on any atom is -0.375 e. The van der Waals surface area contributed by atoms with Gasteiger partial charge in [-0.3, -0.25) is 0 Å². The summed E-state index contributed by atoms with van der Waals surface area (Å²) >= 11 is 1.52. The van der Waals surface area contributed by atoms with Crippen LogP contribution in [0.5, 0.6) is 0 Å². The van der Waals surface area contributed by atoms with Gasteiger partial charge in [0.25, 0.3) is 0 Å². The van der Waals surface area contributed by atoms with Crippen LogP contribution >= 0.6 is 11.3 Å². The van der Waals surface area contributed by atoms with Gasteiger partial charge in [0, 0.05) is 17.8 Å². The standard InChI is InChI=1S/C13H15N5S/c1-8-10(7-14)3-4-12(17-8)16-6-5-11-9(2)18-13(15)19-11/h3-4H,5-6H2,1-2H3,(H2,15,18)(H,16,17). The number of pyridine rings is 1. The average molecular weight is 273 g/mol. The van der Waals surface area contributed by atoms with Crippen molar-refractivity contribution in [2.24, 2.45) is 0 Å². The van der Waals surface area contributed by atoms with Crippen LogP contribution in [0.15, 0.2) is 12.1 Å². The van der Waals surface area contributed by atoms with Gasteiger partial charge in [-0.2, -0.15) is 5.26 Å². The van der Waals surface area contributed by atoms with Crippen molar-refractivity contribution >= 4 is 22.3 Å². The van der Waals surface area contributed by atoms with Crippen molar-refractivity contribution in [3.05, 3.63) is 34.0 Å². The Labute approximate surface area is 116 Å². The Balaban J connectivity index is 1.95. The number of nitrogen functional groups attached to an aromatic ring is 1. The van der Waals surface area contributed by atoms with E-state index in [2.05, 4.69) is 21.4 Å². The summed E-state index contributed by atoms with van der Waals surface area (Å²) in [6.45, 7) is 4.56. The second-order valence-electron chi connectivity index (χ2n) is 4.18. The minimum atomic E-state index is 0.608. The fourth-order valence-electron chi connectivity index (χ4n) is 1.76. The highest BCUT2D eigenvalue weighted by molar-refractivity contribution is 7.15. The number of nitrogens with two attached hydrogens (primary N) is 1. The first kappa shape index (κ1) is 13.3. The zero-order chi connectivity index (χ0) is 13.8. The summed E-state index contributed by atoms with van der Waals surface area (Å²) in [6.07, 6.45) is 0.863. The van der Waals surface area contributed by atoms with Crippen molar-refractivity contribution in [2.75, 3.05) is 17.6 Å². The van der Waals surface area contributed by atoms with E-state index in [1.807, 2.05) is 19.9 Å². The van der Waals surface area contributed by atoms with Gasteiger partial charge in [-0.05, 0) is 26.0 Å². The molecule has 0 aliphatic rings. The van der Waals surface area contributed by atoms with Crippen LogP contribution in [0, 0.1) is 25.2 Å². The van der Waals surface area contributed by atoms with E-state index in [-0.39, 0.29) is 0 Å². The van der Waals surface area contributed by atoms with Crippen LogP contribution in [-0.4, -0.2) is 16.5 Å². The third kappa shape index (κ3) is 3.20. The molecule has 2 rings (SSSR count). The number of rotatable bonds is 4. The lowest BCUT2D eigenvalue weighted by atomic mass is 10.2. The van der Waals surface area contributed by atoms with Crippen LogP contribution < -0.4 is 11.1 Å². The van der Waals surface area contributed by atoms with E-state index in [0.29, 0.717) is 10.7 Å². The van der Waals surface area contributed by atoms with E-state index >= 15 is 0 Å². The van der Waals surface area contributed by atoms with Gasteiger partial charge in [-0.25, -0.2) is 9.97 Å². The quantitative estimate of drug-likeness (QED) is 0.892. The molecule has 19 heavy (non-hydrogen) atoms. The summed E-state index contributed by atoms with van der Waals surface area (Å²) in [6, 6.07) is 5.70. The second-order valence-corrected chi connectivity index (χ2v) is 5.29. The molecule has 0 amide bonds. The van der Waals surface area contributed by atoms with Gasteiger partial charge in [0.1, 0.15) is 11.9 Å². The van der Waals surface area contributed by atoms with Gasteiger partial charge in [-0.1, -0.05) is 0 Å². The predicted molar refractivity (Wildman–Crippen MR) is 77.1 cm³/mol. The predicted octanol–water partition coefficient (Wildman–Crippen LogP) is 2.26. The molecule has 0 aliphatic carbocycles. The number of hydrogen-bond acceptors (Lipinski definition) is 6. The lowest BCUT2D eigenvalue weighted by Gasteiger charge is -2.06. The highest BCUT2D eigenvalue weighted by Gasteiger charge is 2.05. The summed E-state index contributed by atoms with van der Waals surface area (Å²) < 4.78 is 0. The summed E-state index contributed by atoms with van der Waals surface area (Å²) in [5.74, 6) is 0.784. The Bertz CT molecular complexity index is 626. The first-order chi connectivity index (χ1) is 9.10. The molecule has 0 unspecified atom stereocenters. The molecule has 0 bridgehead atoms. The smallest absolute Gasteiger partial charge is 0.180 e. The third-order valence-corrected chi connectivity index (χ3v) is 3.82. The molecule has 0 radical (unpaired) electrons. The van der Waals surface area contributed by atoms with E-state index in [1.54, 1.807) is 6.07 Å². The van der Waals surface area contributed by atoms with E-state index in [9.17, 15) is 0 Å². The molecule has 2 aromatic rings. The molecule has 0 atom stereocenters. The Morgan fingerprint density at radius 2 is 2.11 bits per heavy atom. The average Bonchev–Trinajstić information content (AvgIpc) is 2.68. The highest BCUT2D eigenvalue weighted by Crippen LogP contribution is 2.20. The molecule has 0 spiro atoms. The lowest BCUT2D eigenvalue weighted by molar-refractivity contribution is 1.000.